The number of hydrogen-bond donors (Lipinski definition) is 1. The Morgan fingerprint density at radius 3 is 2.37 bits per heavy atom. The number of benzene rings is 1. The summed E-state index contributed by atoms with van der Waals surface area (Å²) in [6.07, 6.45) is 7.45. The van der Waals surface area contributed by atoms with Gasteiger partial charge in [-0.15, -0.1) is 0 Å². The molecule has 0 radical (unpaired) electrons. The van der Waals surface area contributed by atoms with E-state index in [0.29, 0.717) is 12.0 Å². The molecule has 1 saturated heterocycles. The molecule has 1 aromatic rings. The molecule has 1 heterocycles. The van der Waals surface area contributed by atoms with Crippen LogP contribution in [0.1, 0.15) is 50.2 Å². The first-order valence-corrected chi connectivity index (χ1v) is 7.83. The molecule has 0 aromatic heterocycles. The van der Waals surface area contributed by atoms with Crippen LogP contribution < -0.4 is 0 Å². The number of aliphatic hydroxyl groups is 1. The molecule has 1 aliphatic carbocycles. The van der Waals surface area contributed by atoms with Crippen LogP contribution in [0, 0.1) is 5.92 Å². The van der Waals surface area contributed by atoms with Gasteiger partial charge in [-0.25, -0.2) is 0 Å². The van der Waals surface area contributed by atoms with Crippen LogP contribution in [0.25, 0.3) is 0 Å². The van der Waals surface area contributed by atoms with Crippen molar-refractivity contribution >= 4 is 0 Å². The van der Waals surface area contributed by atoms with E-state index in [-0.39, 0.29) is 6.10 Å². The van der Waals surface area contributed by atoms with E-state index in [1.807, 2.05) is 18.2 Å². The second kappa shape index (κ2) is 6.06. The molecular weight excluding hydrogens is 234 g/mol. The molecule has 2 aliphatic rings. The highest BCUT2D eigenvalue weighted by Crippen LogP contribution is 2.38. The fourth-order valence-electron chi connectivity index (χ4n) is 3.93. The summed E-state index contributed by atoms with van der Waals surface area (Å²) in [6.45, 7) is 2.48. The molecule has 2 nitrogen and oxygen atoms in total. The van der Waals surface area contributed by atoms with E-state index in [2.05, 4.69) is 17.0 Å². The van der Waals surface area contributed by atoms with Crippen LogP contribution in [-0.2, 0) is 0 Å². The minimum atomic E-state index is -0.285. The summed E-state index contributed by atoms with van der Waals surface area (Å²) in [5.41, 5.74) is 1.10. The third-order valence-electron chi connectivity index (χ3n) is 4.94. The Balaban J connectivity index is 1.76. The normalized spacial score (nSPS) is 30.4. The fraction of sp³-hybridized carbons (Fsp3) is 0.647. The zero-order chi connectivity index (χ0) is 13.1. The van der Waals surface area contributed by atoms with Gasteiger partial charge in [0.15, 0.2) is 0 Å². The standard InChI is InChI=1S/C17H25NO/c19-17(14-8-2-1-3-9-14)15-10-4-5-11-16(15)18-12-6-7-13-18/h1-3,8-9,15-17,19H,4-7,10-13H2/t15-,16-,17+/m0/s1. The molecule has 0 amide bonds. The summed E-state index contributed by atoms with van der Waals surface area (Å²) < 4.78 is 0. The second-order valence-corrected chi connectivity index (χ2v) is 6.11. The van der Waals surface area contributed by atoms with Gasteiger partial charge in [-0.05, 0) is 44.3 Å². The molecule has 104 valence electrons. The first kappa shape index (κ1) is 13.1. The molecule has 1 saturated carbocycles. The lowest BCUT2D eigenvalue weighted by atomic mass is 9.78. The first-order valence-electron chi connectivity index (χ1n) is 7.83. The Labute approximate surface area is 116 Å². The van der Waals surface area contributed by atoms with Crippen LogP contribution in [0.3, 0.4) is 0 Å². The molecule has 1 aliphatic heterocycles. The maximum atomic E-state index is 10.7. The van der Waals surface area contributed by atoms with Gasteiger partial charge in [-0.3, -0.25) is 0 Å². The van der Waals surface area contributed by atoms with Crippen LogP contribution in [-0.4, -0.2) is 29.1 Å². The van der Waals surface area contributed by atoms with Gasteiger partial charge in [0.25, 0.3) is 0 Å². The fourth-order valence-corrected chi connectivity index (χ4v) is 3.93. The summed E-state index contributed by atoms with van der Waals surface area (Å²) in [6, 6.07) is 10.8. The highest BCUT2D eigenvalue weighted by molar-refractivity contribution is 5.18. The van der Waals surface area contributed by atoms with Gasteiger partial charge in [0.1, 0.15) is 0 Å². The molecule has 1 aromatic carbocycles. The molecule has 2 fully saturated rings. The smallest absolute Gasteiger partial charge is 0.0833 e. The summed E-state index contributed by atoms with van der Waals surface area (Å²) in [5, 5.41) is 10.7. The van der Waals surface area contributed by atoms with E-state index in [1.54, 1.807) is 0 Å². The third kappa shape index (κ3) is 2.85. The van der Waals surface area contributed by atoms with E-state index in [1.165, 1.54) is 51.6 Å². The van der Waals surface area contributed by atoms with Crippen LogP contribution >= 0.6 is 0 Å². The van der Waals surface area contributed by atoms with Gasteiger partial charge in [0, 0.05) is 12.0 Å². The molecule has 0 unspecified atom stereocenters. The van der Waals surface area contributed by atoms with Crippen molar-refractivity contribution in [1.29, 1.82) is 0 Å². The molecular formula is C17H25NO. The van der Waals surface area contributed by atoms with Crippen molar-refractivity contribution in [1.82, 2.24) is 4.90 Å². The maximum Gasteiger partial charge on any atom is 0.0833 e. The van der Waals surface area contributed by atoms with E-state index in [0.717, 1.165) is 5.56 Å². The molecule has 1 N–H and O–H groups in total. The van der Waals surface area contributed by atoms with E-state index < -0.39 is 0 Å². The van der Waals surface area contributed by atoms with Crippen molar-refractivity contribution < 1.29 is 5.11 Å². The summed E-state index contributed by atoms with van der Waals surface area (Å²) in [5.74, 6) is 0.425. The number of aliphatic hydroxyl groups excluding tert-OH is 1. The van der Waals surface area contributed by atoms with Crippen LogP contribution in [0.15, 0.2) is 30.3 Å². The van der Waals surface area contributed by atoms with Gasteiger partial charge < -0.3 is 10.0 Å². The predicted octanol–water partition coefficient (Wildman–Crippen LogP) is 3.37. The van der Waals surface area contributed by atoms with Crippen LogP contribution in [0.5, 0.6) is 0 Å². The molecule has 0 spiro atoms. The van der Waals surface area contributed by atoms with Crippen LogP contribution in [0.2, 0.25) is 0 Å². The summed E-state index contributed by atoms with van der Waals surface area (Å²) in [7, 11) is 0. The van der Waals surface area contributed by atoms with Crippen molar-refractivity contribution in [3.8, 4) is 0 Å². The van der Waals surface area contributed by atoms with Gasteiger partial charge in [0.05, 0.1) is 6.10 Å². The van der Waals surface area contributed by atoms with Crippen molar-refractivity contribution in [3.63, 3.8) is 0 Å². The van der Waals surface area contributed by atoms with Crippen LogP contribution in [0.4, 0.5) is 0 Å². The lowest BCUT2D eigenvalue weighted by Gasteiger charge is -2.40. The van der Waals surface area contributed by atoms with Crippen molar-refractivity contribution in [2.75, 3.05) is 13.1 Å². The van der Waals surface area contributed by atoms with E-state index >= 15 is 0 Å². The quantitative estimate of drug-likeness (QED) is 0.899. The molecule has 19 heavy (non-hydrogen) atoms. The van der Waals surface area contributed by atoms with Gasteiger partial charge in [-0.2, -0.15) is 0 Å². The first-order chi connectivity index (χ1) is 9.36. The zero-order valence-corrected chi connectivity index (χ0v) is 11.7. The third-order valence-corrected chi connectivity index (χ3v) is 4.94. The highest BCUT2D eigenvalue weighted by Gasteiger charge is 2.35. The topological polar surface area (TPSA) is 23.5 Å². The minimum Gasteiger partial charge on any atom is -0.388 e. The van der Waals surface area contributed by atoms with E-state index in [9.17, 15) is 5.11 Å². The monoisotopic (exact) mass is 259 g/mol. The average Bonchev–Trinajstić information content (AvgIpc) is 3.01. The van der Waals surface area contributed by atoms with E-state index in [4.69, 9.17) is 0 Å². The number of rotatable bonds is 3. The number of likely N-dealkylation sites (tertiary alicyclic amines) is 1. The summed E-state index contributed by atoms with van der Waals surface area (Å²) >= 11 is 0. The SMILES string of the molecule is O[C@H](c1ccccc1)[C@H]1CCCC[C@@H]1N1CCCC1. The second-order valence-electron chi connectivity index (χ2n) is 6.11. The Morgan fingerprint density at radius 1 is 0.947 bits per heavy atom. The van der Waals surface area contributed by atoms with Gasteiger partial charge >= 0.3 is 0 Å². The van der Waals surface area contributed by atoms with Gasteiger partial charge in [-0.1, -0.05) is 43.2 Å². The predicted molar refractivity (Wildman–Crippen MR) is 78.0 cm³/mol. The Bertz CT molecular complexity index is 386. The molecule has 0 bridgehead atoms. The molecule has 2 heteroatoms. The Kier molecular flexibility index (Phi) is 4.19. The van der Waals surface area contributed by atoms with Crippen molar-refractivity contribution in [2.45, 2.75) is 50.7 Å². The van der Waals surface area contributed by atoms with Crippen molar-refractivity contribution in [2.24, 2.45) is 5.92 Å². The zero-order valence-electron chi connectivity index (χ0n) is 11.7. The van der Waals surface area contributed by atoms with Gasteiger partial charge in [0.2, 0.25) is 0 Å². The number of nitrogens with zero attached hydrogens (tertiary/aromatic N) is 1. The lowest BCUT2D eigenvalue weighted by Crippen LogP contribution is -2.43. The van der Waals surface area contributed by atoms with Crippen molar-refractivity contribution in [3.05, 3.63) is 35.9 Å². The highest BCUT2D eigenvalue weighted by atomic mass is 16.3. The minimum absolute atomic E-state index is 0.285. The Morgan fingerprint density at radius 2 is 1.63 bits per heavy atom. The average molecular weight is 259 g/mol. The summed E-state index contributed by atoms with van der Waals surface area (Å²) in [4.78, 5) is 2.63. The lowest BCUT2D eigenvalue weighted by molar-refractivity contribution is 0.0195. The maximum absolute atomic E-state index is 10.7. The largest absolute Gasteiger partial charge is 0.388 e. The number of hydrogen-bond acceptors (Lipinski definition) is 2. The molecule has 3 atom stereocenters. The molecule has 3 rings (SSSR count). The Hall–Kier alpha value is -0.860.